The van der Waals surface area contributed by atoms with E-state index < -0.39 is 0 Å². The summed E-state index contributed by atoms with van der Waals surface area (Å²) in [5.74, 6) is 0.606. The number of carbonyl (C=O) groups is 1. The molecule has 7 heteroatoms. The Bertz CT molecular complexity index is 731. The summed E-state index contributed by atoms with van der Waals surface area (Å²) in [7, 11) is 0. The van der Waals surface area contributed by atoms with Crippen LogP contribution in [0.25, 0.3) is 0 Å². The first-order valence-corrected chi connectivity index (χ1v) is 8.22. The minimum Gasteiger partial charge on any atom is -0.368 e. The maximum atomic E-state index is 13.7. The van der Waals surface area contributed by atoms with Crippen LogP contribution in [0.15, 0.2) is 22.7 Å². The molecule has 0 saturated carbocycles. The van der Waals surface area contributed by atoms with Gasteiger partial charge < -0.3 is 14.3 Å². The van der Waals surface area contributed by atoms with E-state index in [1.165, 1.54) is 12.1 Å². The van der Waals surface area contributed by atoms with E-state index in [-0.39, 0.29) is 18.1 Å². The number of hydrogen-bond donors (Lipinski definition) is 0. The Morgan fingerprint density at radius 1 is 1.33 bits per heavy atom. The lowest BCUT2D eigenvalue weighted by Gasteiger charge is -2.37. The first-order valence-electron chi connectivity index (χ1n) is 8.22. The van der Waals surface area contributed by atoms with Gasteiger partial charge in [-0.25, -0.2) is 4.39 Å². The monoisotopic (exact) mass is 332 g/mol. The second-order valence-electron chi connectivity index (χ2n) is 5.90. The highest BCUT2D eigenvalue weighted by atomic mass is 19.1. The lowest BCUT2D eigenvalue weighted by Crippen LogP contribution is -2.44. The minimum absolute atomic E-state index is 0.0612. The number of nitrogens with zero attached hydrogens (tertiary/aromatic N) is 4. The highest BCUT2D eigenvalue weighted by molar-refractivity contribution is 5.98. The maximum Gasteiger partial charge on any atom is 0.227 e. The van der Waals surface area contributed by atoms with Gasteiger partial charge in [0.1, 0.15) is 5.82 Å². The van der Waals surface area contributed by atoms with Crippen LogP contribution in [0, 0.1) is 12.7 Å². The van der Waals surface area contributed by atoms with E-state index in [1.807, 2.05) is 0 Å². The number of rotatable bonds is 5. The fourth-order valence-electron chi connectivity index (χ4n) is 2.99. The summed E-state index contributed by atoms with van der Waals surface area (Å²) in [5.41, 5.74) is 1.55. The maximum absolute atomic E-state index is 13.7. The largest absolute Gasteiger partial charge is 0.368 e. The molecule has 128 valence electrons. The van der Waals surface area contributed by atoms with Crippen molar-refractivity contribution in [3.8, 4) is 0 Å². The van der Waals surface area contributed by atoms with E-state index in [1.54, 1.807) is 17.9 Å². The summed E-state index contributed by atoms with van der Waals surface area (Å²) in [6, 6.07) is 4.63. The molecule has 1 aromatic carbocycles. The predicted octanol–water partition coefficient (Wildman–Crippen LogP) is 2.71. The second kappa shape index (κ2) is 6.98. The standard InChI is InChI=1S/C17H21FN4O2/c1-3-8-21-9-10-22(15-11-13(18)4-5-14(15)21)17(23)7-6-16-19-12(2)20-24-16/h4-5,11H,3,6-10H2,1-2H3. The lowest BCUT2D eigenvalue weighted by molar-refractivity contribution is -0.118. The van der Waals surface area contributed by atoms with Crippen molar-refractivity contribution in [2.75, 3.05) is 29.4 Å². The molecule has 2 aromatic rings. The normalized spacial score (nSPS) is 14.0. The minimum atomic E-state index is -0.336. The average Bonchev–Trinajstić information content (AvgIpc) is 2.98. The Morgan fingerprint density at radius 2 is 2.17 bits per heavy atom. The molecular formula is C17H21FN4O2. The van der Waals surface area contributed by atoms with Crippen LogP contribution >= 0.6 is 0 Å². The third kappa shape index (κ3) is 3.39. The highest BCUT2D eigenvalue weighted by Gasteiger charge is 2.27. The summed E-state index contributed by atoms with van der Waals surface area (Å²) >= 11 is 0. The van der Waals surface area contributed by atoms with Gasteiger partial charge in [-0.3, -0.25) is 4.79 Å². The van der Waals surface area contributed by atoms with Gasteiger partial charge in [-0.1, -0.05) is 12.1 Å². The first-order chi connectivity index (χ1) is 11.6. The van der Waals surface area contributed by atoms with Crippen LogP contribution in [-0.4, -0.2) is 35.7 Å². The zero-order valence-corrected chi connectivity index (χ0v) is 14.0. The molecule has 0 fully saturated rings. The molecule has 0 aliphatic carbocycles. The number of carbonyl (C=O) groups excluding carboxylic acids is 1. The molecule has 0 radical (unpaired) electrons. The summed E-state index contributed by atoms with van der Waals surface area (Å²) < 4.78 is 18.7. The van der Waals surface area contributed by atoms with Crippen molar-refractivity contribution < 1.29 is 13.7 Å². The zero-order valence-electron chi connectivity index (χ0n) is 14.0. The van der Waals surface area contributed by atoms with E-state index in [2.05, 4.69) is 22.0 Å². The SMILES string of the molecule is CCCN1CCN(C(=O)CCc2nc(C)no2)c2cc(F)ccc21. The number of fused-ring (bicyclic) bond motifs is 1. The van der Waals surface area contributed by atoms with E-state index >= 15 is 0 Å². The molecule has 1 aliphatic rings. The molecule has 0 spiro atoms. The molecule has 3 rings (SSSR count). The summed E-state index contributed by atoms with van der Waals surface area (Å²) in [6.07, 6.45) is 1.64. The molecule has 6 nitrogen and oxygen atoms in total. The lowest BCUT2D eigenvalue weighted by atomic mass is 10.1. The molecule has 0 saturated heterocycles. The quantitative estimate of drug-likeness (QED) is 0.842. The smallest absolute Gasteiger partial charge is 0.227 e. The van der Waals surface area contributed by atoms with Crippen LogP contribution < -0.4 is 9.80 Å². The number of benzene rings is 1. The molecule has 0 unspecified atom stereocenters. The fraction of sp³-hybridized carbons (Fsp3) is 0.471. The summed E-state index contributed by atoms with van der Waals surface area (Å²) in [5, 5.41) is 3.72. The van der Waals surface area contributed by atoms with E-state index in [9.17, 15) is 9.18 Å². The molecule has 2 heterocycles. The first kappa shape index (κ1) is 16.4. The topological polar surface area (TPSA) is 62.5 Å². The molecule has 24 heavy (non-hydrogen) atoms. The van der Waals surface area contributed by atoms with Crippen molar-refractivity contribution in [1.29, 1.82) is 0 Å². The van der Waals surface area contributed by atoms with Crippen molar-refractivity contribution in [3.05, 3.63) is 35.7 Å². The Balaban J connectivity index is 1.76. The molecule has 0 bridgehead atoms. The van der Waals surface area contributed by atoms with Crippen LogP contribution in [0.5, 0.6) is 0 Å². The molecular weight excluding hydrogens is 311 g/mol. The second-order valence-corrected chi connectivity index (χ2v) is 5.90. The Labute approximate surface area is 140 Å². The van der Waals surface area contributed by atoms with Gasteiger partial charge in [0, 0.05) is 32.5 Å². The fourth-order valence-corrected chi connectivity index (χ4v) is 2.99. The molecule has 0 N–H and O–H groups in total. The number of anilines is 2. The van der Waals surface area contributed by atoms with Crippen molar-refractivity contribution in [2.24, 2.45) is 0 Å². The van der Waals surface area contributed by atoms with Crippen LogP contribution in [0.3, 0.4) is 0 Å². The van der Waals surface area contributed by atoms with Crippen LogP contribution in [-0.2, 0) is 11.2 Å². The molecule has 1 aliphatic heterocycles. The van der Waals surface area contributed by atoms with Crippen LogP contribution in [0.4, 0.5) is 15.8 Å². The van der Waals surface area contributed by atoms with Crippen molar-refractivity contribution >= 4 is 17.3 Å². The van der Waals surface area contributed by atoms with Crippen LogP contribution in [0.2, 0.25) is 0 Å². The van der Waals surface area contributed by atoms with E-state index in [0.717, 1.165) is 25.2 Å². The zero-order chi connectivity index (χ0) is 17.1. The van der Waals surface area contributed by atoms with Gasteiger partial charge in [-0.15, -0.1) is 0 Å². The molecule has 1 amide bonds. The van der Waals surface area contributed by atoms with Crippen molar-refractivity contribution in [2.45, 2.75) is 33.1 Å². The van der Waals surface area contributed by atoms with Gasteiger partial charge >= 0.3 is 0 Å². The van der Waals surface area contributed by atoms with Gasteiger partial charge in [0.15, 0.2) is 5.82 Å². The average molecular weight is 332 g/mol. The molecule has 1 aromatic heterocycles. The Morgan fingerprint density at radius 3 is 2.88 bits per heavy atom. The number of halogens is 1. The van der Waals surface area contributed by atoms with Crippen molar-refractivity contribution in [3.63, 3.8) is 0 Å². The van der Waals surface area contributed by atoms with Gasteiger partial charge in [-0.05, 0) is 31.5 Å². The van der Waals surface area contributed by atoms with Crippen LogP contribution in [0.1, 0.15) is 31.5 Å². The Kier molecular flexibility index (Phi) is 4.78. The van der Waals surface area contributed by atoms with Gasteiger partial charge in [0.05, 0.1) is 11.4 Å². The highest BCUT2D eigenvalue weighted by Crippen LogP contribution is 2.34. The van der Waals surface area contributed by atoms with E-state index in [0.29, 0.717) is 30.4 Å². The number of hydrogen-bond acceptors (Lipinski definition) is 5. The Hall–Kier alpha value is -2.44. The van der Waals surface area contributed by atoms with E-state index in [4.69, 9.17) is 4.52 Å². The van der Waals surface area contributed by atoms with Gasteiger partial charge in [0.2, 0.25) is 11.8 Å². The molecule has 0 atom stereocenters. The summed E-state index contributed by atoms with van der Waals surface area (Å²) in [6.45, 7) is 6.03. The third-order valence-electron chi connectivity index (χ3n) is 4.08. The predicted molar refractivity (Wildman–Crippen MR) is 88.6 cm³/mol. The van der Waals surface area contributed by atoms with Crippen molar-refractivity contribution in [1.82, 2.24) is 10.1 Å². The van der Waals surface area contributed by atoms with Gasteiger partial charge in [-0.2, -0.15) is 4.98 Å². The third-order valence-corrected chi connectivity index (χ3v) is 4.08. The van der Waals surface area contributed by atoms with Gasteiger partial charge in [0.25, 0.3) is 0 Å². The number of aromatic nitrogens is 2. The number of amides is 1. The number of aryl methyl sites for hydroxylation is 2. The summed E-state index contributed by atoms with van der Waals surface area (Å²) in [4.78, 5) is 20.6.